The van der Waals surface area contributed by atoms with Gasteiger partial charge in [-0.2, -0.15) is 0 Å². The number of ether oxygens (including phenoxy) is 2. The molecule has 0 spiro atoms. The first-order chi connectivity index (χ1) is 5.66. The Kier molecular flexibility index (Phi) is 17.9. The molecular weight excluding hydrogens is 182 g/mol. The Morgan fingerprint density at radius 2 is 1.57 bits per heavy atom. The summed E-state index contributed by atoms with van der Waals surface area (Å²) >= 11 is 0. The minimum absolute atomic E-state index is 0. The third-order valence-electron chi connectivity index (χ3n) is 0.872. The van der Waals surface area contributed by atoms with Crippen molar-refractivity contribution in [1.82, 2.24) is 0 Å². The van der Waals surface area contributed by atoms with Crippen LogP contribution < -0.4 is 47.9 Å². The molecule has 14 heavy (non-hydrogen) atoms. The largest absolute Gasteiger partial charge is 1.00 e. The molecular formula is C6H8Li2O6. The second-order valence-electron chi connectivity index (χ2n) is 1.77. The number of carbonyl (C=O) groups is 2. The first-order valence-corrected chi connectivity index (χ1v) is 3.24. The molecule has 0 fully saturated rings. The van der Waals surface area contributed by atoms with Crippen molar-refractivity contribution in [2.75, 3.05) is 19.8 Å². The van der Waals surface area contributed by atoms with E-state index in [0.717, 1.165) is 0 Å². The van der Waals surface area contributed by atoms with E-state index in [-0.39, 0.29) is 57.4 Å². The van der Waals surface area contributed by atoms with Gasteiger partial charge in [-0.25, -0.2) is 0 Å². The Bertz CT molecular complexity index is 162. The summed E-state index contributed by atoms with van der Waals surface area (Å²) in [6.07, 6.45) is -1.89. The summed E-state index contributed by atoms with van der Waals surface area (Å²) in [5.41, 5.74) is 0. The second-order valence-corrected chi connectivity index (χ2v) is 1.77. The Morgan fingerprint density at radius 1 is 1.07 bits per heavy atom. The SMILES string of the molecule is O=C([O-])OCCOC(=O)CC[O-].[Li+].[Li+]. The van der Waals surface area contributed by atoms with Crippen LogP contribution in [0.25, 0.3) is 0 Å². The second kappa shape index (κ2) is 12.9. The average molecular weight is 190 g/mol. The summed E-state index contributed by atoms with van der Waals surface area (Å²) in [7, 11) is 0. The van der Waals surface area contributed by atoms with Crippen LogP contribution in [-0.4, -0.2) is 31.9 Å². The molecule has 0 N–H and O–H groups in total. The number of esters is 1. The van der Waals surface area contributed by atoms with Crippen molar-refractivity contribution in [3.05, 3.63) is 0 Å². The van der Waals surface area contributed by atoms with Crippen LogP contribution >= 0.6 is 0 Å². The van der Waals surface area contributed by atoms with Crippen LogP contribution in [0.4, 0.5) is 4.79 Å². The normalized spacial score (nSPS) is 7.79. The molecule has 6 nitrogen and oxygen atoms in total. The number of carboxylic acid groups (broad SMARTS) is 1. The fraction of sp³-hybridized carbons (Fsp3) is 0.667. The van der Waals surface area contributed by atoms with Gasteiger partial charge in [-0.1, -0.05) is 0 Å². The third-order valence-corrected chi connectivity index (χ3v) is 0.872. The van der Waals surface area contributed by atoms with E-state index >= 15 is 0 Å². The van der Waals surface area contributed by atoms with Gasteiger partial charge < -0.3 is 24.5 Å². The first kappa shape index (κ1) is 19.5. The molecule has 0 saturated heterocycles. The first-order valence-electron chi connectivity index (χ1n) is 3.24. The van der Waals surface area contributed by atoms with Gasteiger partial charge in [-0.05, 0) is 0 Å². The van der Waals surface area contributed by atoms with Gasteiger partial charge in [0, 0.05) is 6.42 Å². The predicted octanol–water partition coefficient (Wildman–Crippen LogP) is -8.35. The topological polar surface area (TPSA) is 98.7 Å². The van der Waals surface area contributed by atoms with E-state index in [4.69, 9.17) is 0 Å². The van der Waals surface area contributed by atoms with Crippen LogP contribution in [0.5, 0.6) is 0 Å². The van der Waals surface area contributed by atoms with Crippen LogP contribution in [0.3, 0.4) is 0 Å². The van der Waals surface area contributed by atoms with Crippen LogP contribution in [0, 0.1) is 0 Å². The number of carbonyl (C=O) groups excluding carboxylic acids is 2. The molecule has 0 heterocycles. The van der Waals surface area contributed by atoms with Gasteiger partial charge in [0.2, 0.25) is 0 Å². The molecule has 0 atom stereocenters. The fourth-order valence-electron chi connectivity index (χ4n) is 0.436. The van der Waals surface area contributed by atoms with Crippen LogP contribution in [0.2, 0.25) is 0 Å². The number of hydrogen-bond donors (Lipinski definition) is 0. The van der Waals surface area contributed by atoms with Gasteiger partial charge in [0.15, 0.2) is 0 Å². The maximum atomic E-state index is 10.4. The van der Waals surface area contributed by atoms with Crippen molar-refractivity contribution in [1.29, 1.82) is 0 Å². The molecule has 0 aliphatic rings. The zero-order valence-corrected chi connectivity index (χ0v) is 8.28. The monoisotopic (exact) mass is 190 g/mol. The van der Waals surface area contributed by atoms with Gasteiger partial charge in [0.05, 0.1) is 6.61 Å². The van der Waals surface area contributed by atoms with Crippen molar-refractivity contribution in [3.63, 3.8) is 0 Å². The van der Waals surface area contributed by atoms with E-state index < -0.39 is 18.7 Å². The Balaban J connectivity index is -0.000000605. The summed E-state index contributed by atoms with van der Waals surface area (Å²) in [6, 6.07) is 0. The minimum Gasteiger partial charge on any atom is -0.854 e. The van der Waals surface area contributed by atoms with Gasteiger partial charge in [-0.3, -0.25) is 4.79 Å². The predicted molar refractivity (Wildman–Crippen MR) is 31.8 cm³/mol. The smallest absolute Gasteiger partial charge is 0.854 e. The van der Waals surface area contributed by atoms with E-state index in [9.17, 15) is 19.8 Å². The third kappa shape index (κ3) is 14.4. The van der Waals surface area contributed by atoms with E-state index in [2.05, 4.69) is 9.47 Å². The molecule has 70 valence electrons. The van der Waals surface area contributed by atoms with Crippen LogP contribution in [0.1, 0.15) is 6.42 Å². The molecule has 0 saturated carbocycles. The molecule has 0 aliphatic carbocycles. The molecule has 0 radical (unpaired) electrons. The summed E-state index contributed by atoms with van der Waals surface area (Å²) in [5.74, 6) is -0.660. The Hall–Kier alpha value is -0.105. The van der Waals surface area contributed by atoms with Gasteiger partial charge in [-0.15, -0.1) is 6.61 Å². The van der Waals surface area contributed by atoms with E-state index in [0.29, 0.717) is 0 Å². The Morgan fingerprint density at radius 3 is 2.00 bits per heavy atom. The van der Waals surface area contributed by atoms with Gasteiger partial charge in [0.1, 0.15) is 6.61 Å². The summed E-state index contributed by atoms with van der Waals surface area (Å²) in [4.78, 5) is 20.1. The van der Waals surface area contributed by atoms with E-state index in [1.165, 1.54) is 0 Å². The van der Waals surface area contributed by atoms with Crippen molar-refractivity contribution < 1.29 is 67.0 Å². The number of hydrogen-bond acceptors (Lipinski definition) is 6. The van der Waals surface area contributed by atoms with Crippen molar-refractivity contribution in [2.24, 2.45) is 0 Å². The Labute approximate surface area is 105 Å². The molecule has 0 bridgehead atoms. The number of rotatable bonds is 5. The molecule has 0 amide bonds. The van der Waals surface area contributed by atoms with Crippen molar-refractivity contribution in [2.45, 2.75) is 6.42 Å². The minimum atomic E-state index is -1.67. The maximum Gasteiger partial charge on any atom is 1.00 e. The van der Waals surface area contributed by atoms with Gasteiger partial charge >= 0.3 is 43.7 Å². The molecule has 0 aromatic heterocycles. The van der Waals surface area contributed by atoms with Crippen molar-refractivity contribution >= 4 is 12.1 Å². The van der Waals surface area contributed by atoms with Crippen molar-refractivity contribution in [3.8, 4) is 0 Å². The van der Waals surface area contributed by atoms with Crippen LogP contribution in [0.15, 0.2) is 0 Å². The molecule has 0 aromatic rings. The zero-order chi connectivity index (χ0) is 9.40. The quantitative estimate of drug-likeness (QED) is 0.242. The summed E-state index contributed by atoms with van der Waals surface area (Å²) < 4.78 is 8.30. The maximum absolute atomic E-state index is 10.4. The van der Waals surface area contributed by atoms with E-state index in [1.807, 2.05) is 0 Å². The molecule has 0 aliphatic heterocycles. The van der Waals surface area contributed by atoms with Crippen LogP contribution in [-0.2, 0) is 14.3 Å². The molecule has 0 unspecified atom stereocenters. The summed E-state index contributed by atoms with van der Waals surface area (Å²) in [6.45, 7) is -1.00. The molecule has 0 rings (SSSR count). The standard InChI is InChI=1S/C6H9O6.2Li/c7-2-1-5(8)11-3-4-12-6(9)10;;/h1-4H2,(H,9,10);;/q-1;2*+1/p-1. The fourth-order valence-corrected chi connectivity index (χ4v) is 0.436. The molecule has 0 aromatic carbocycles. The average Bonchev–Trinajstić information content (AvgIpc) is 1.98. The van der Waals surface area contributed by atoms with Gasteiger partial charge in [0.25, 0.3) is 6.16 Å². The summed E-state index contributed by atoms with van der Waals surface area (Å²) in [5, 5.41) is 19.5. The zero-order valence-electron chi connectivity index (χ0n) is 8.28. The molecule has 8 heteroatoms. The van der Waals surface area contributed by atoms with E-state index in [1.54, 1.807) is 0 Å².